The van der Waals surface area contributed by atoms with Crippen LogP contribution in [-0.2, 0) is 11.8 Å². The maximum Gasteiger partial charge on any atom is 0.245 e. The molecule has 0 saturated carbocycles. The van der Waals surface area contributed by atoms with Crippen LogP contribution >= 0.6 is 0 Å². The summed E-state index contributed by atoms with van der Waals surface area (Å²) in [6.07, 6.45) is 4.76. The van der Waals surface area contributed by atoms with Gasteiger partial charge in [0.25, 0.3) is 0 Å². The molecule has 1 amide bonds. The van der Waals surface area contributed by atoms with Crippen LogP contribution < -0.4 is 5.32 Å². The van der Waals surface area contributed by atoms with Crippen molar-refractivity contribution < 1.29 is 4.79 Å². The Balaban J connectivity index is 2.15. The molecule has 1 N–H and O–H groups in total. The Morgan fingerprint density at radius 2 is 2.16 bits per heavy atom. The number of anilines is 1. The minimum absolute atomic E-state index is 0.289. The highest BCUT2D eigenvalue weighted by Gasteiger charge is 2.27. The number of rotatable bonds is 3. The van der Waals surface area contributed by atoms with E-state index in [-0.39, 0.29) is 5.82 Å². The van der Waals surface area contributed by atoms with Gasteiger partial charge in [-0.2, -0.15) is 15.5 Å². The molecule has 2 rings (SSSR count). The van der Waals surface area contributed by atoms with E-state index < -0.39 is 11.3 Å². The van der Waals surface area contributed by atoms with Crippen LogP contribution in [0, 0.1) is 16.7 Å². The van der Waals surface area contributed by atoms with Gasteiger partial charge in [0.15, 0.2) is 5.82 Å². The van der Waals surface area contributed by atoms with Gasteiger partial charge in [-0.05, 0) is 13.8 Å². The van der Waals surface area contributed by atoms with Crippen LogP contribution in [0.25, 0.3) is 5.69 Å². The summed E-state index contributed by atoms with van der Waals surface area (Å²) in [5, 5.41) is 23.5. The first kappa shape index (κ1) is 12.8. The van der Waals surface area contributed by atoms with Gasteiger partial charge >= 0.3 is 0 Å². The third kappa shape index (κ3) is 2.60. The van der Waals surface area contributed by atoms with E-state index in [9.17, 15) is 4.79 Å². The van der Waals surface area contributed by atoms with Crippen molar-refractivity contribution in [3.63, 3.8) is 0 Å². The lowest BCUT2D eigenvalue weighted by atomic mass is 9.95. The highest BCUT2D eigenvalue weighted by molar-refractivity contribution is 5.95. The van der Waals surface area contributed by atoms with Gasteiger partial charge in [-0.15, -0.1) is 9.90 Å². The molecule has 2 aromatic rings. The van der Waals surface area contributed by atoms with Gasteiger partial charge in [-0.3, -0.25) is 9.48 Å². The molecule has 8 heteroatoms. The summed E-state index contributed by atoms with van der Waals surface area (Å²) >= 11 is 0. The van der Waals surface area contributed by atoms with E-state index in [2.05, 4.69) is 20.6 Å². The monoisotopic (exact) mass is 259 g/mol. The molecule has 0 fully saturated rings. The Morgan fingerprint density at radius 3 is 2.74 bits per heavy atom. The molecular formula is C11H13N7O. The fourth-order valence-electron chi connectivity index (χ4n) is 1.28. The summed E-state index contributed by atoms with van der Waals surface area (Å²) < 4.78 is 1.62. The fourth-order valence-corrected chi connectivity index (χ4v) is 1.28. The summed E-state index contributed by atoms with van der Waals surface area (Å²) in [5.74, 6) is -0.134. The number of carbonyl (C=O) groups is 1. The molecular weight excluding hydrogens is 246 g/mol. The van der Waals surface area contributed by atoms with Crippen LogP contribution in [0.1, 0.15) is 13.8 Å². The summed E-state index contributed by atoms with van der Waals surface area (Å²) in [6.45, 7) is 3.07. The predicted molar refractivity (Wildman–Crippen MR) is 66.1 cm³/mol. The van der Waals surface area contributed by atoms with E-state index in [0.717, 1.165) is 0 Å². The van der Waals surface area contributed by atoms with E-state index in [1.165, 1.54) is 24.8 Å². The highest BCUT2D eigenvalue weighted by Crippen LogP contribution is 2.16. The molecule has 98 valence electrons. The van der Waals surface area contributed by atoms with Gasteiger partial charge in [0, 0.05) is 7.05 Å². The first-order chi connectivity index (χ1) is 8.92. The second kappa shape index (κ2) is 4.53. The number of nitrogens with one attached hydrogen (secondary N) is 1. The predicted octanol–water partition coefficient (Wildman–Crippen LogP) is 0.489. The van der Waals surface area contributed by atoms with E-state index in [1.54, 1.807) is 24.1 Å². The van der Waals surface area contributed by atoms with Crippen molar-refractivity contribution >= 4 is 11.7 Å². The van der Waals surface area contributed by atoms with Crippen molar-refractivity contribution in [3.8, 4) is 11.8 Å². The number of aromatic nitrogens is 5. The number of carbonyl (C=O) groups excluding carboxylic acids is 1. The summed E-state index contributed by atoms with van der Waals surface area (Å²) in [7, 11) is 1.78. The first-order valence-corrected chi connectivity index (χ1v) is 5.56. The Morgan fingerprint density at radius 1 is 1.42 bits per heavy atom. The number of nitriles is 1. The molecule has 0 spiro atoms. The lowest BCUT2D eigenvalue weighted by Gasteiger charge is -2.12. The number of aryl methyl sites for hydroxylation is 1. The van der Waals surface area contributed by atoms with Crippen LogP contribution in [0.15, 0.2) is 18.6 Å². The summed E-state index contributed by atoms with van der Waals surface area (Å²) in [4.78, 5) is 13.1. The Labute approximate surface area is 109 Å². The Kier molecular flexibility index (Phi) is 3.04. The molecule has 0 atom stereocenters. The van der Waals surface area contributed by atoms with Crippen molar-refractivity contribution in [2.24, 2.45) is 12.5 Å². The molecule has 0 saturated heterocycles. The normalized spacial score (nSPS) is 11.1. The van der Waals surface area contributed by atoms with Crippen LogP contribution in [0.3, 0.4) is 0 Å². The molecule has 8 nitrogen and oxygen atoms in total. The molecule has 0 unspecified atom stereocenters. The minimum atomic E-state index is -1.11. The second-order valence-electron chi connectivity index (χ2n) is 4.58. The molecule has 0 radical (unpaired) electrons. The van der Waals surface area contributed by atoms with Gasteiger partial charge in [0.05, 0.1) is 24.7 Å². The Hall–Kier alpha value is -2.69. The number of hydrogen-bond acceptors (Lipinski definition) is 5. The zero-order valence-electron chi connectivity index (χ0n) is 10.8. The molecule has 0 aliphatic carbocycles. The minimum Gasteiger partial charge on any atom is -0.306 e. The van der Waals surface area contributed by atoms with Crippen LogP contribution in [0.4, 0.5) is 5.82 Å². The maximum atomic E-state index is 11.8. The van der Waals surface area contributed by atoms with Crippen molar-refractivity contribution in [2.45, 2.75) is 13.8 Å². The molecule has 2 aromatic heterocycles. The third-order valence-corrected chi connectivity index (χ3v) is 2.50. The lowest BCUT2D eigenvalue weighted by molar-refractivity contribution is -0.121. The highest BCUT2D eigenvalue weighted by atomic mass is 16.2. The smallest absolute Gasteiger partial charge is 0.245 e. The third-order valence-electron chi connectivity index (χ3n) is 2.50. The fraction of sp³-hybridized carbons (Fsp3) is 0.364. The van der Waals surface area contributed by atoms with E-state index in [4.69, 9.17) is 5.26 Å². The number of hydrogen-bond donors (Lipinski definition) is 1. The standard InChI is InChI=1S/C11H13N7O/c1-11(2,7-12)10(19)15-9-5-14-18(16-9)8-4-13-17(3)6-8/h4-6H,1-3H3,(H,15,16,19). The van der Waals surface area contributed by atoms with Crippen molar-refractivity contribution in [3.05, 3.63) is 18.6 Å². The van der Waals surface area contributed by atoms with Gasteiger partial charge in [-0.1, -0.05) is 0 Å². The molecule has 0 aliphatic rings. The zero-order chi connectivity index (χ0) is 14.0. The first-order valence-electron chi connectivity index (χ1n) is 5.56. The van der Waals surface area contributed by atoms with Crippen molar-refractivity contribution in [1.29, 1.82) is 5.26 Å². The van der Waals surface area contributed by atoms with Crippen LogP contribution in [0.2, 0.25) is 0 Å². The molecule has 2 heterocycles. The van der Waals surface area contributed by atoms with E-state index in [0.29, 0.717) is 5.69 Å². The summed E-state index contributed by atoms with van der Waals surface area (Å²) in [6, 6.07) is 1.92. The zero-order valence-corrected chi connectivity index (χ0v) is 10.8. The number of amides is 1. The maximum absolute atomic E-state index is 11.8. The molecule has 0 aromatic carbocycles. The van der Waals surface area contributed by atoms with Crippen LogP contribution in [0.5, 0.6) is 0 Å². The van der Waals surface area contributed by atoms with Gasteiger partial charge < -0.3 is 5.32 Å². The molecule has 0 bridgehead atoms. The largest absolute Gasteiger partial charge is 0.306 e. The molecule has 0 aliphatic heterocycles. The number of nitrogens with zero attached hydrogens (tertiary/aromatic N) is 6. The summed E-state index contributed by atoms with van der Waals surface area (Å²) in [5.41, 5.74) is -0.430. The van der Waals surface area contributed by atoms with Gasteiger partial charge in [-0.25, -0.2) is 0 Å². The van der Waals surface area contributed by atoms with Crippen LogP contribution in [-0.4, -0.2) is 30.7 Å². The topological polar surface area (TPSA) is 101 Å². The average molecular weight is 259 g/mol. The van der Waals surface area contributed by atoms with E-state index >= 15 is 0 Å². The second-order valence-corrected chi connectivity index (χ2v) is 4.58. The Bertz CT molecular complexity index is 646. The average Bonchev–Trinajstić information content (AvgIpc) is 2.98. The van der Waals surface area contributed by atoms with Gasteiger partial charge in [0.1, 0.15) is 11.1 Å². The van der Waals surface area contributed by atoms with Crippen molar-refractivity contribution in [1.82, 2.24) is 24.8 Å². The molecule has 19 heavy (non-hydrogen) atoms. The lowest BCUT2D eigenvalue weighted by Crippen LogP contribution is -2.29. The van der Waals surface area contributed by atoms with Crippen molar-refractivity contribution in [2.75, 3.05) is 5.32 Å². The van der Waals surface area contributed by atoms with E-state index in [1.807, 2.05) is 6.07 Å². The van der Waals surface area contributed by atoms with Gasteiger partial charge in [0.2, 0.25) is 5.91 Å². The SMILES string of the molecule is Cn1cc(-n2ncc(NC(=O)C(C)(C)C#N)n2)cn1. The quantitative estimate of drug-likeness (QED) is 0.864.